The number of nitrogens with one attached hydrogen (secondary N) is 1. The van der Waals surface area contributed by atoms with E-state index in [0.717, 1.165) is 32.1 Å². The van der Waals surface area contributed by atoms with Crippen LogP contribution in [0.15, 0.2) is 0 Å². The molecule has 1 aliphatic heterocycles. The van der Waals surface area contributed by atoms with Gasteiger partial charge in [-0.3, -0.25) is 4.79 Å². The Morgan fingerprint density at radius 3 is 2.68 bits per heavy atom. The number of ether oxygens (including phenoxy) is 1. The summed E-state index contributed by atoms with van der Waals surface area (Å²) in [6.45, 7) is 2.62. The minimum absolute atomic E-state index is 0.0211. The second-order valence-corrected chi connectivity index (χ2v) is 5.81. The molecule has 2 N–H and O–H groups in total. The maximum Gasteiger partial charge on any atom is 0.329 e. The fraction of sp³-hybridized carbons (Fsp3) is 0.857. The smallest absolute Gasteiger partial charge is 0.329 e. The van der Waals surface area contributed by atoms with Crippen molar-refractivity contribution in [2.24, 2.45) is 5.92 Å². The van der Waals surface area contributed by atoms with Crippen LogP contribution in [0.1, 0.15) is 51.9 Å². The van der Waals surface area contributed by atoms with Crippen LogP contribution in [-0.2, 0) is 14.3 Å². The number of amides is 1. The van der Waals surface area contributed by atoms with Crippen LogP contribution in [0.5, 0.6) is 0 Å². The molecule has 0 aromatic carbocycles. The summed E-state index contributed by atoms with van der Waals surface area (Å²) in [7, 11) is 0. The number of carbonyl (C=O) groups is 2. The third kappa shape index (κ3) is 3.08. The summed E-state index contributed by atoms with van der Waals surface area (Å²) in [6.07, 6.45) is 5.40. The molecule has 1 saturated heterocycles. The first-order chi connectivity index (χ1) is 9.04. The molecule has 1 aliphatic carbocycles. The molecule has 0 spiro atoms. The molecule has 3 unspecified atom stereocenters. The van der Waals surface area contributed by atoms with Crippen LogP contribution in [-0.4, -0.2) is 35.2 Å². The monoisotopic (exact) mass is 269 g/mol. The van der Waals surface area contributed by atoms with E-state index in [1.54, 1.807) is 0 Å². The van der Waals surface area contributed by atoms with Crippen molar-refractivity contribution in [3.05, 3.63) is 0 Å². The topological polar surface area (TPSA) is 75.6 Å². The second kappa shape index (κ2) is 5.90. The largest absolute Gasteiger partial charge is 0.479 e. The number of carboxylic acids is 1. The lowest BCUT2D eigenvalue weighted by molar-refractivity contribution is -0.152. The predicted molar refractivity (Wildman–Crippen MR) is 69.7 cm³/mol. The lowest BCUT2D eigenvalue weighted by atomic mass is 9.73. The molecular weight excluding hydrogens is 246 g/mol. The van der Waals surface area contributed by atoms with Crippen molar-refractivity contribution in [3.63, 3.8) is 0 Å². The Hall–Kier alpha value is -1.10. The van der Waals surface area contributed by atoms with Crippen LogP contribution in [0, 0.1) is 5.92 Å². The summed E-state index contributed by atoms with van der Waals surface area (Å²) in [4.78, 5) is 23.7. The lowest BCUT2D eigenvalue weighted by Gasteiger charge is -2.39. The highest BCUT2D eigenvalue weighted by atomic mass is 16.5. The highest BCUT2D eigenvalue weighted by molar-refractivity contribution is 5.87. The number of hydrogen-bond acceptors (Lipinski definition) is 3. The van der Waals surface area contributed by atoms with E-state index in [1.807, 2.05) is 6.92 Å². The normalized spacial score (nSPS) is 35.0. The lowest BCUT2D eigenvalue weighted by Crippen LogP contribution is -2.60. The van der Waals surface area contributed by atoms with Crippen LogP contribution in [0.3, 0.4) is 0 Å². The summed E-state index contributed by atoms with van der Waals surface area (Å²) < 4.78 is 5.42. The number of rotatable bonds is 4. The highest BCUT2D eigenvalue weighted by Gasteiger charge is 2.46. The van der Waals surface area contributed by atoms with Crippen LogP contribution in [0.2, 0.25) is 0 Å². The van der Waals surface area contributed by atoms with Gasteiger partial charge in [-0.05, 0) is 31.6 Å². The van der Waals surface area contributed by atoms with E-state index in [9.17, 15) is 14.7 Å². The van der Waals surface area contributed by atoms with E-state index in [1.165, 1.54) is 0 Å². The van der Waals surface area contributed by atoms with Gasteiger partial charge in [-0.25, -0.2) is 4.79 Å². The maximum absolute atomic E-state index is 12.1. The third-order valence-corrected chi connectivity index (χ3v) is 4.48. The molecule has 1 heterocycles. The number of carbonyl (C=O) groups excluding carboxylic acids is 1. The van der Waals surface area contributed by atoms with Gasteiger partial charge in [-0.1, -0.05) is 19.8 Å². The second-order valence-electron chi connectivity index (χ2n) is 5.81. The first-order valence-electron chi connectivity index (χ1n) is 7.20. The van der Waals surface area contributed by atoms with Gasteiger partial charge in [0.2, 0.25) is 5.91 Å². The summed E-state index contributed by atoms with van der Waals surface area (Å²) >= 11 is 0. The zero-order chi connectivity index (χ0) is 13.9. The maximum atomic E-state index is 12.1. The average Bonchev–Trinajstić information content (AvgIpc) is 2.84. The minimum atomic E-state index is -1.08. The Kier molecular flexibility index (Phi) is 4.45. The van der Waals surface area contributed by atoms with E-state index in [0.29, 0.717) is 13.0 Å². The Balaban J connectivity index is 1.99. The molecule has 19 heavy (non-hydrogen) atoms. The van der Waals surface area contributed by atoms with E-state index in [4.69, 9.17) is 4.74 Å². The Morgan fingerprint density at radius 2 is 2.11 bits per heavy atom. The molecule has 2 rings (SSSR count). The summed E-state index contributed by atoms with van der Waals surface area (Å²) in [5.41, 5.74) is -1.08. The molecule has 108 valence electrons. The van der Waals surface area contributed by atoms with Crippen molar-refractivity contribution in [3.8, 4) is 0 Å². The molecule has 0 aromatic rings. The van der Waals surface area contributed by atoms with E-state index < -0.39 is 11.5 Å². The Bertz CT molecular complexity index is 351. The molecule has 0 bridgehead atoms. The number of hydrogen-bond donors (Lipinski definition) is 2. The number of aliphatic carboxylic acids is 1. The molecule has 0 radical (unpaired) electrons. The molecule has 0 aromatic heterocycles. The van der Waals surface area contributed by atoms with Crippen LogP contribution < -0.4 is 5.32 Å². The first-order valence-corrected chi connectivity index (χ1v) is 7.20. The highest BCUT2D eigenvalue weighted by Crippen LogP contribution is 2.34. The van der Waals surface area contributed by atoms with Gasteiger partial charge in [0.25, 0.3) is 0 Å². The Morgan fingerprint density at radius 1 is 1.32 bits per heavy atom. The molecule has 2 aliphatic rings. The molecule has 1 amide bonds. The standard InChI is InChI=1S/C14H23NO4/c1-10-5-2-3-7-14(10,13(17)18)15-12(16)9-11-6-4-8-19-11/h10-11H,2-9H2,1H3,(H,15,16)(H,17,18). The van der Waals surface area contributed by atoms with Crippen LogP contribution in [0.25, 0.3) is 0 Å². The van der Waals surface area contributed by atoms with E-state index in [2.05, 4.69) is 5.32 Å². The summed E-state index contributed by atoms with van der Waals surface area (Å²) in [5, 5.41) is 12.3. The van der Waals surface area contributed by atoms with Crippen molar-refractivity contribution in [2.45, 2.75) is 63.5 Å². The van der Waals surface area contributed by atoms with Crippen LogP contribution in [0.4, 0.5) is 0 Å². The van der Waals surface area contributed by atoms with Crippen LogP contribution >= 0.6 is 0 Å². The van der Waals surface area contributed by atoms with Crippen molar-refractivity contribution in [1.29, 1.82) is 0 Å². The Labute approximate surface area is 113 Å². The molecule has 2 fully saturated rings. The van der Waals surface area contributed by atoms with Gasteiger partial charge in [0.05, 0.1) is 12.5 Å². The quantitative estimate of drug-likeness (QED) is 0.814. The zero-order valence-corrected chi connectivity index (χ0v) is 11.5. The predicted octanol–water partition coefficient (Wildman–Crippen LogP) is 1.71. The first kappa shape index (κ1) is 14.3. The average molecular weight is 269 g/mol. The van der Waals surface area contributed by atoms with Gasteiger partial charge in [0.1, 0.15) is 5.54 Å². The van der Waals surface area contributed by atoms with E-state index in [-0.39, 0.29) is 24.3 Å². The fourth-order valence-corrected chi connectivity index (χ4v) is 3.22. The van der Waals surface area contributed by atoms with Crippen molar-refractivity contribution in [2.75, 3.05) is 6.61 Å². The minimum Gasteiger partial charge on any atom is -0.479 e. The number of carboxylic acid groups (broad SMARTS) is 1. The van der Waals surface area contributed by atoms with Gasteiger partial charge in [-0.2, -0.15) is 0 Å². The third-order valence-electron chi connectivity index (χ3n) is 4.48. The summed E-state index contributed by atoms with van der Waals surface area (Å²) in [6, 6.07) is 0. The molecule has 5 heteroatoms. The van der Waals surface area contributed by atoms with Gasteiger partial charge in [0, 0.05) is 6.61 Å². The molecule has 3 atom stereocenters. The SMILES string of the molecule is CC1CCCCC1(NC(=O)CC1CCCO1)C(=O)O. The molecular formula is C14H23NO4. The zero-order valence-electron chi connectivity index (χ0n) is 11.5. The van der Waals surface area contributed by atoms with Gasteiger partial charge in [-0.15, -0.1) is 0 Å². The van der Waals surface area contributed by atoms with Crippen molar-refractivity contribution < 1.29 is 19.4 Å². The fourth-order valence-electron chi connectivity index (χ4n) is 3.22. The van der Waals surface area contributed by atoms with Crippen molar-refractivity contribution >= 4 is 11.9 Å². The van der Waals surface area contributed by atoms with Crippen molar-refractivity contribution in [1.82, 2.24) is 5.32 Å². The molecule has 1 saturated carbocycles. The van der Waals surface area contributed by atoms with Gasteiger partial charge >= 0.3 is 5.97 Å². The van der Waals surface area contributed by atoms with Gasteiger partial charge in [0.15, 0.2) is 0 Å². The van der Waals surface area contributed by atoms with Gasteiger partial charge < -0.3 is 15.2 Å². The molecule has 5 nitrogen and oxygen atoms in total. The van der Waals surface area contributed by atoms with E-state index >= 15 is 0 Å². The summed E-state index contributed by atoms with van der Waals surface area (Å²) in [5.74, 6) is -1.12.